The molecule has 1 aromatic rings. The minimum Gasteiger partial charge on any atom is -0.478 e. The zero-order chi connectivity index (χ0) is 13.9. The first kappa shape index (κ1) is 14.8. The van der Waals surface area contributed by atoms with E-state index in [1.165, 1.54) is 12.0 Å². The fraction of sp³-hybridized carbons (Fsp3) is 0.636. The van der Waals surface area contributed by atoms with Gasteiger partial charge in [0.15, 0.2) is 5.76 Å². The Morgan fingerprint density at radius 3 is 2.56 bits per heavy atom. The van der Waals surface area contributed by atoms with Crippen LogP contribution < -0.4 is 4.74 Å². The summed E-state index contributed by atoms with van der Waals surface area (Å²) in [6, 6.07) is 0. The Labute approximate surface area is 114 Å². The van der Waals surface area contributed by atoms with Gasteiger partial charge in [-0.2, -0.15) is 0 Å². The van der Waals surface area contributed by atoms with Crippen LogP contribution in [0.25, 0.3) is 0 Å². The molecule has 102 valence electrons. The summed E-state index contributed by atoms with van der Waals surface area (Å²) < 4.78 is 15.8. The second kappa shape index (κ2) is 5.60. The standard InChI is InChI=1S/C11H17BrN2O4/c1-11(2,3)17-10(15)14(4)6-7-8(12)9(16-5)13-18-7/h6H2,1-5H3. The van der Waals surface area contributed by atoms with E-state index in [2.05, 4.69) is 21.1 Å². The quantitative estimate of drug-likeness (QED) is 0.856. The van der Waals surface area contributed by atoms with Crippen molar-refractivity contribution >= 4 is 22.0 Å². The van der Waals surface area contributed by atoms with Crippen molar-refractivity contribution in [2.75, 3.05) is 14.2 Å². The lowest BCUT2D eigenvalue weighted by Gasteiger charge is -2.23. The molecule has 1 rings (SSSR count). The molecule has 0 bridgehead atoms. The number of methoxy groups -OCH3 is 1. The number of rotatable bonds is 3. The van der Waals surface area contributed by atoms with Gasteiger partial charge in [-0.1, -0.05) is 0 Å². The van der Waals surface area contributed by atoms with Gasteiger partial charge in [-0.05, 0) is 41.9 Å². The molecule has 0 aliphatic heterocycles. The van der Waals surface area contributed by atoms with Gasteiger partial charge >= 0.3 is 6.09 Å². The van der Waals surface area contributed by atoms with Crippen molar-refractivity contribution in [1.29, 1.82) is 0 Å². The molecule has 18 heavy (non-hydrogen) atoms. The van der Waals surface area contributed by atoms with Gasteiger partial charge in [0.05, 0.1) is 13.7 Å². The fourth-order valence-corrected chi connectivity index (χ4v) is 1.57. The highest BCUT2D eigenvalue weighted by Crippen LogP contribution is 2.28. The van der Waals surface area contributed by atoms with Crippen LogP contribution >= 0.6 is 15.9 Å². The maximum Gasteiger partial charge on any atom is 0.410 e. The van der Waals surface area contributed by atoms with E-state index >= 15 is 0 Å². The van der Waals surface area contributed by atoms with Crippen LogP contribution in [0.1, 0.15) is 26.5 Å². The summed E-state index contributed by atoms with van der Waals surface area (Å²) in [5, 5.41) is 3.70. The summed E-state index contributed by atoms with van der Waals surface area (Å²) in [7, 11) is 3.11. The topological polar surface area (TPSA) is 64.8 Å². The molecule has 1 aromatic heterocycles. The summed E-state index contributed by atoms with van der Waals surface area (Å²) in [5.41, 5.74) is -0.526. The first-order valence-corrected chi connectivity index (χ1v) is 6.16. The molecule has 0 aromatic carbocycles. The molecule has 0 spiro atoms. The van der Waals surface area contributed by atoms with Crippen LogP contribution in [0.2, 0.25) is 0 Å². The smallest absolute Gasteiger partial charge is 0.410 e. The minimum atomic E-state index is -0.526. The molecule has 0 aliphatic rings. The van der Waals surface area contributed by atoms with Crippen molar-refractivity contribution in [3.63, 3.8) is 0 Å². The number of ether oxygens (including phenoxy) is 2. The molecule has 6 nitrogen and oxygen atoms in total. The van der Waals surface area contributed by atoms with E-state index in [1.54, 1.807) is 7.05 Å². The van der Waals surface area contributed by atoms with E-state index in [-0.39, 0.29) is 6.54 Å². The van der Waals surface area contributed by atoms with Gasteiger partial charge in [-0.3, -0.25) is 0 Å². The number of amides is 1. The third-order valence-electron chi connectivity index (χ3n) is 1.95. The first-order chi connectivity index (χ1) is 8.24. The predicted octanol–water partition coefficient (Wildman–Crippen LogP) is 2.81. The van der Waals surface area contributed by atoms with Gasteiger partial charge in [0.25, 0.3) is 5.88 Å². The Morgan fingerprint density at radius 2 is 2.11 bits per heavy atom. The lowest BCUT2D eigenvalue weighted by molar-refractivity contribution is 0.0271. The van der Waals surface area contributed by atoms with E-state index in [1.807, 2.05) is 20.8 Å². The molecular formula is C11H17BrN2O4. The van der Waals surface area contributed by atoms with Crippen molar-refractivity contribution < 1.29 is 18.8 Å². The van der Waals surface area contributed by atoms with E-state index in [4.69, 9.17) is 14.0 Å². The maximum absolute atomic E-state index is 11.7. The highest BCUT2D eigenvalue weighted by molar-refractivity contribution is 9.10. The van der Waals surface area contributed by atoms with Gasteiger partial charge in [0.1, 0.15) is 10.1 Å². The van der Waals surface area contributed by atoms with Crippen molar-refractivity contribution in [2.24, 2.45) is 0 Å². The van der Waals surface area contributed by atoms with Crippen LogP contribution in [0.5, 0.6) is 5.88 Å². The molecule has 7 heteroatoms. The molecule has 1 amide bonds. The number of aromatic nitrogens is 1. The zero-order valence-corrected chi connectivity index (χ0v) is 12.7. The average molecular weight is 321 g/mol. The summed E-state index contributed by atoms with van der Waals surface area (Å²) in [4.78, 5) is 13.1. The van der Waals surface area contributed by atoms with Gasteiger partial charge in [-0.15, -0.1) is 0 Å². The second-order valence-corrected chi connectivity index (χ2v) is 5.56. The number of hydrogen-bond acceptors (Lipinski definition) is 5. The fourth-order valence-electron chi connectivity index (χ4n) is 1.14. The molecule has 0 saturated carbocycles. The number of carbonyl (C=O) groups excluding carboxylic acids is 1. The second-order valence-electron chi connectivity index (χ2n) is 4.77. The summed E-state index contributed by atoms with van der Waals surface area (Å²) >= 11 is 3.29. The summed E-state index contributed by atoms with van der Waals surface area (Å²) in [6.07, 6.45) is -0.426. The summed E-state index contributed by atoms with van der Waals surface area (Å²) in [5.74, 6) is 0.850. The molecule has 1 heterocycles. The maximum atomic E-state index is 11.7. The first-order valence-electron chi connectivity index (χ1n) is 5.36. The number of hydrogen-bond donors (Lipinski definition) is 0. The molecule has 0 saturated heterocycles. The third kappa shape index (κ3) is 3.90. The number of carbonyl (C=O) groups is 1. The van der Waals surface area contributed by atoms with Crippen molar-refractivity contribution in [3.05, 3.63) is 10.2 Å². The monoisotopic (exact) mass is 320 g/mol. The lowest BCUT2D eigenvalue weighted by atomic mass is 10.2. The predicted molar refractivity (Wildman–Crippen MR) is 68.5 cm³/mol. The normalized spacial score (nSPS) is 11.2. The Morgan fingerprint density at radius 1 is 1.50 bits per heavy atom. The van der Waals surface area contributed by atoms with E-state index < -0.39 is 11.7 Å². The average Bonchev–Trinajstić information content (AvgIpc) is 2.57. The lowest BCUT2D eigenvalue weighted by Crippen LogP contribution is -2.33. The van der Waals surface area contributed by atoms with E-state index in [0.717, 1.165) is 0 Å². The van der Waals surface area contributed by atoms with Crippen LogP contribution in [0, 0.1) is 0 Å². The third-order valence-corrected chi connectivity index (χ3v) is 2.73. The SMILES string of the molecule is COc1noc(CN(C)C(=O)OC(C)(C)C)c1Br. The van der Waals surface area contributed by atoms with E-state index in [9.17, 15) is 4.79 Å². The Bertz CT molecular complexity index is 425. The molecule has 0 atom stereocenters. The van der Waals surface area contributed by atoms with Crippen molar-refractivity contribution in [1.82, 2.24) is 10.1 Å². The van der Waals surface area contributed by atoms with Crippen LogP contribution in [0.3, 0.4) is 0 Å². The van der Waals surface area contributed by atoms with Crippen molar-refractivity contribution in [2.45, 2.75) is 32.9 Å². The van der Waals surface area contributed by atoms with Gasteiger partial charge in [0, 0.05) is 7.05 Å². The molecular weight excluding hydrogens is 304 g/mol. The van der Waals surface area contributed by atoms with Gasteiger partial charge in [-0.25, -0.2) is 4.79 Å². The summed E-state index contributed by atoms with van der Waals surface area (Å²) in [6.45, 7) is 5.68. The molecule has 0 unspecified atom stereocenters. The molecule has 0 fully saturated rings. The molecule has 0 aliphatic carbocycles. The largest absolute Gasteiger partial charge is 0.478 e. The Hall–Kier alpha value is -1.24. The Balaban J connectivity index is 2.67. The molecule has 0 N–H and O–H groups in total. The van der Waals surface area contributed by atoms with Gasteiger partial charge in [0.2, 0.25) is 0 Å². The Kier molecular flexibility index (Phi) is 4.61. The molecule has 0 radical (unpaired) electrons. The van der Waals surface area contributed by atoms with Crippen molar-refractivity contribution in [3.8, 4) is 5.88 Å². The minimum absolute atomic E-state index is 0.242. The van der Waals surface area contributed by atoms with Crippen LogP contribution in [0.4, 0.5) is 4.79 Å². The highest BCUT2D eigenvalue weighted by atomic mass is 79.9. The van der Waals surface area contributed by atoms with Crippen LogP contribution in [0.15, 0.2) is 9.00 Å². The number of halogens is 1. The van der Waals surface area contributed by atoms with Crippen LogP contribution in [-0.2, 0) is 11.3 Å². The highest BCUT2D eigenvalue weighted by Gasteiger charge is 2.22. The van der Waals surface area contributed by atoms with Gasteiger partial charge < -0.3 is 18.9 Å². The zero-order valence-electron chi connectivity index (χ0n) is 11.1. The number of nitrogens with zero attached hydrogens (tertiary/aromatic N) is 2. The van der Waals surface area contributed by atoms with E-state index in [0.29, 0.717) is 16.1 Å². The van der Waals surface area contributed by atoms with Crippen LogP contribution in [-0.4, -0.2) is 35.9 Å².